The summed E-state index contributed by atoms with van der Waals surface area (Å²) in [4.78, 5) is 5.22. The SMILES string of the molecule is c1ccc2c(c1)NC(CN1CCN(c3ccccc3C3CCCCC3)CC1)N2. The molecule has 2 aliphatic heterocycles. The van der Waals surface area contributed by atoms with Crippen molar-refractivity contribution in [2.45, 2.75) is 44.2 Å². The number of nitrogens with one attached hydrogen (secondary N) is 2. The first kappa shape index (κ1) is 17.9. The summed E-state index contributed by atoms with van der Waals surface area (Å²) in [7, 11) is 0. The van der Waals surface area contributed by atoms with Gasteiger partial charge in [0.1, 0.15) is 6.17 Å². The summed E-state index contributed by atoms with van der Waals surface area (Å²) >= 11 is 0. The van der Waals surface area contributed by atoms with E-state index in [0.717, 1.165) is 38.6 Å². The minimum absolute atomic E-state index is 0.318. The predicted octanol–water partition coefficient (Wildman–Crippen LogP) is 4.72. The monoisotopic (exact) mass is 376 g/mol. The maximum Gasteiger partial charge on any atom is 0.110 e. The molecule has 2 fully saturated rings. The van der Waals surface area contributed by atoms with E-state index in [1.807, 2.05) is 0 Å². The lowest BCUT2D eigenvalue weighted by molar-refractivity contribution is 0.253. The van der Waals surface area contributed by atoms with Crippen LogP contribution in [0.15, 0.2) is 48.5 Å². The van der Waals surface area contributed by atoms with Gasteiger partial charge in [0.2, 0.25) is 0 Å². The van der Waals surface area contributed by atoms with Gasteiger partial charge in [0, 0.05) is 38.4 Å². The third-order valence-corrected chi connectivity index (χ3v) is 6.72. The Kier molecular flexibility index (Phi) is 5.13. The van der Waals surface area contributed by atoms with E-state index >= 15 is 0 Å². The normalized spacial score (nSPS) is 21.2. The summed E-state index contributed by atoms with van der Waals surface area (Å²) in [5, 5.41) is 7.22. The molecule has 0 atom stereocenters. The highest BCUT2D eigenvalue weighted by Gasteiger charge is 2.26. The van der Waals surface area contributed by atoms with Crippen molar-refractivity contribution in [3.63, 3.8) is 0 Å². The molecule has 0 bridgehead atoms. The summed E-state index contributed by atoms with van der Waals surface area (Å²) in [5.41, 5.74) is 5.56. The van der Waals surface area contributed by atoms with Crippen LogP contribution in [0.4, 0.5) is 17.1 Å². The van der Waals surface area contributed by atoms with Gasteiger partial charge in [0.25, 0.3) is 0 Å². The maximum atomic E-state index is 3.61. The first-order valence-electron chi connectivity index (χ1n) is 11.1. The molecule has 28 heavy (non-hydrogen) atoms. The van der Waals surface area contributed by atoms with Crippen molar-refractivity contribution in [1.29, 1.82) is 0 Å². The first-order valence-corrected chi connectivity index (χ1v) is 11.1. The van der Waals surface area contributed by atoms with E-state index in [1.54, 1.807) is 5.56 Å². The van der Waals surface area contributed by atoms with E-state index in [9.17, 15) is 0 Å². The highest BCUT2D eigenvalue weighted by Crippen LogP contribution is 2.38. The largest absolute Gasteiger partial charge is 0.369 e. The molecule has 0 unspecified atom stereocenters. The van der Waals surface area contributed by atoms with Crippen LogP contribution >= 0.6 is 0 Å². The second-order valence-electron chi connectivity index (χ2n) is 8.57. The van der Waals surface area contributed by atoms with Crippen LogP contribution in [0.3, 0.4) is 0 Å². The minimum atomic E-state index is 0.318. The number of anilines is 3. The van der Waals surface area contributed by atoms with Crippen LogP contribution < -0.4 is 15.5 Å². The lowest BCUT2D eigenvalue weighted by Crippen LogP contribution is -2.50. The Hall–Kier alpha value is -2.20. The molecule has 0 radical (unpaired) electrons. The Morgan fingerprint density at radius 3 is 2.11 bits per heavy atom. The van der Waals surface area contributed by atoms with Crippen LogP contribution in [-0.2, 0) is 0 Å². The van der Waals surface area contributed by atoms with Gasteiger partial charge in [0.05, 0.1) is 11.4 Å². The van der Waals surface area contributed by atoms with Crippen LogP contribution in [-0.4, -0.2) is 43.8 Å². The molecule has 4 nitrogen and oxygen atoms in total. The topological polar surface area (TPSA) is 30.5 Å². The number of piperazine rings is 1. The molecular formula is C24H32N4. The number of hydrogen-bond donors (Lipinski definition) is 2. The summed E-state index contributed by atoms with van der Waals surface area (Å²) in [6.45, 7) is 5.57. The third kappa shape index (κ3) is 3.70. The zero-order chi connectivity index (χ0) is 18.8. The molecule has 0 spiro atoms. The van der Waals surface area contributed by atoms with Crippen molar-refractivity contribution in [3.05, 3.63) is 54.1 Å². The molecule has 1 aliphatic carbocycles. The Morgan fingerprint density at radius 1 is 0.750 bits per heavy atom. The molecule has 2 N–H and O–H groups in total. The zero-order valence-corrected chi connectivity index (χ0v) is 16.7. The van der Waals surface area contributed by atoms with Crippen LogP contribution in [0.2, 0.25) is 0 Å². The van der Waals surface area contributed by atoms with Gasteiger partial charge in [0.15, 0.2) is 0 Å². The minimum Gasteiger partial charge on any atom is -0.369 e. The smallest absolute Gasteiger partial charge is 0.110 e. The Balaban J connectivity index is 1.19. The summed E-state index contributed by atoms with van der Waals surface area (Å²) < 4.78 is 0. The van der Waals surface area contributed by atoms with E-state index in [4.69, 9.17) is 0 Å². The number of rotatable bonds is 4. The third-order valence-electron chi connectivity index (χ3n) is 6.72. The lowest BCUT2D eigenvalue weighted by atomic mass is 9.83. The standard InChI is InChI=1S/C24H32N4/c1-2-8-19(9-3-1)20-10-4-7-13-23(20)28-16-14-27(15-17-28)18-24-25-21-11-5-6-12-22(21)26-24/h4-7,10-13,19,24-26H,1-3,8-9,14-18H2. The van der Waals surface area contributed by atoms with Gasteiger partial charge >= 0.3 is 0 Å². The van der Waals surface area contributed by atoms with Crippen molar-refractivity contribution in [1.82, 2.24) is 4.90 Å². The average Bonchev–Trinajstić information content (AvgIpc) is 3.17. The number of hydrogen-bond acceptors (Lipinski definition) is 4. The quantitative estimate of drug-likeness (QED) is 0.808. The van der Waals surface area contributed by atoms with Gasteiger partial charge in [-0.2, -0.15) is 0 Å². The second-order valence-corrected chi connectivity index (χ2v) is 8.57. The fourth-order valence-corrected chi connectivity index (χ4v) is 5.20. The van der Waals surface area contributed by atoms with E-state index in [2.05, 4.69) is 69.0 Å². The molecule has 2 aromatic carbocycles. The van der Waals surface area contributed by atoms with E-state index < -0.39 is 0 Å². The maximum absolute atomic E-state index is 3.61. The van der Waals surface area contributed by atoms with Gasteiger partial charge in [-0.3, -0.25) is 4.90 Å². The first-order chi connectivity index (χ1) is 13.9. The summed E-state index contributed by atoms with van der Waals surface area (Å²) in [6.07, 6.45) is 7.28. The molecule has 2 heterocycles. The number of benzene rings is 2. The number of fused-ring (bicyclic) bond motifs is 1. The predicted molar refractivity (Wildman–Crippen MR) is 118 cm³/mol. The molecule has 5 rings (SSSR count). The van der Waals surface area contributed by atoms with E-state index in [0.29, 0.717) is 6.17 Å². The van der Waals surface area contributed by atoms with Gasteiger partial charge in [-0.05, 0) is 42.5 Å². The highest BCUT2D eigenvalue weighted by atomic mass is 15.3. The number of nitrogens with zero attached hydrogens (tertiary/aromatic N) is 2. The molecule has 0 aromatic heterocycles. The molecule has 1 saturated carbocycles. The number of para-hydroxylation sites is 3. The Labute approximate surface area is 168 Å². The van der Waals surface area contributed by atoms with E-state index in [-0.39, 0.29) is 0 Å². The second kappa shape index (κ2) is 8.04. The van der Waals surface area contributed by atoms with Gasteiger partial charge < -0.3 is 15.5 Å². The van der Waals surface area contributed by atoms with Gasteiger partial charge in [-0.15, -0.1) is 0 Å². The average molecular weight is 377 g/mol. The summed E-state index contributed by atoms with van der Waals surface area (Å²) in [5.74, 6) is 0.772. The van der Waals surface area contributed by atoms with Crippen LogP contribution in [0.5, 0.6) is 0 Å². The van der Waals surface area contributed by atoms with Gasteiger partial charge in [-0.1, -0.05) is 49.6 Å². The van der Waals surface area contributed by atoms with Crippen molar-refractivity contribution in [2.75, 3.05) is 48.3 Å². The van der Waals surface area contributed by atoms with Crippen molar-refractivity contribution < 1.29 is 0 Å². The van der Waals surface area contributed by atoms with Crippen LogP contribution in [0.1, 0.15) is 43.6 Å². The molecule has 4 heteroatoms. The van der Waals surface area contributed by atoms with Crippen molar-refractivity contribution in [3.8, 4) is 0 Å². The Bertz CT molecular complexity index is 766. The highest BCUT2D eigenvalue weighted by molar-refractivity contribution is 5.74. The van der Waals surface area contributed by atoms with Crippen molar-refractivity contribution >= 4 is 17.1 Å². The van der Waals surface area contributed by atoms with Crippen LogP contribution in [0.25, 0.3) is 0 Å². The zero-order valence-electron chi connectivity index (χ0n) is 16.7. The fraction of sp³-hybridized carbons (Fsp3) is 0.500. The molecule has 3 aliphatic rings. The van der Waals surface area contributed by atoms with E-state index in [1.165, 1.54) is 49.2 Å². The van der Waals surface area contributed by atoms with Crippen LogP contribution in [0, 0.1) is 0 Å². The molecule has 148 valence electrons. The molecule has 1 saturated heterocycles. The summed E-state index contributed by atoms with van der Waals surface area (Å²) in [6, 6.07) is 17.7. The van der Waals surface area contributed by atoms with Crippen molar-refractivity contribution in [2.24, 2.45) is 0 Å². The molecular weight excluding hydrogens is 344 g/mol. The fourth-order valence-electron chi connectivity index (χ4n) is 5.20. The molecule has 2 aromatic rings. The lowest BCUT2D eigenvalue weighted by Gasteiger charge is -2.39. The molecule has 0 amide bonds. The Morgan fingerprint density at radius 2 is 1.39 bits per heavy atom. The van der Waals surface area contributed by atoms with Gasteiger partial charge in [-0.25, -0.2) is 0 Å².